The molecule has 22 heteroatoms. The van der Waals surface area contributed by atoms with E-state index in [0.717, 1.165) is 80.6 Å². The van der Waals surface area contributed by atoms with Crippen LogP contribution in [-0.4, -0.2) is 104 Å². The molecule has 4 heterocycles. The molecule has 11 rings (SSSR count). The Bertz CT molecular complexity index is 4130. The summed E-state index contributed by atoms with van der Waals surface area (Å²) < 4.78 is 66.7. The number of hydrogen-bond donors (Lipinski definition) is 4. The largest absolute Gasteiger partial charge is 0.497 e. The van der Waals surface area contributed by atoms with Crippen LogP contribution in [0.4, 0.5) is 10.5 Å². The molecule has 2 aromatic heterocycles. The van der Waals surface area contributed by atoms with E-state index < -0.39 is 38.5 Å². The zero-order chi connectivity index (χ0) is 65.9. The number of nitrogens with two attached hydrogens (primary N) is 1. The molecule has 7 aromatic carbocycles. The number of ether oxygens (including phenoxy) is 7. The first-order chi connectivity index (χ1) is 45.0. The lowest BCUT2D eigenvalue weighted by Crippen LogP contribution is -2.48. The minimum absolute atomic E-state index is 0. The number of carbonyl (C=O) groups excluding carboxylic acids is 2. The van der Waals surface area contributed by atoms with Gasteiger partial charge in [0.1, 0.15) is 30.3 Å². The monoisotopic (exact) mass is 1290 g/mol. The quantitative estimate of drug-likeness (QED) is 0.0204. The zero-order valence-electron chi connectivity index (χ0n) is 53.6. The summed E-state index contributed by atoms with van der Waals surface area (Å²) in [6.45, 7) is 7.16. The molecule has 0 spiro atoms. The number of para-hydroxylation sites is 1. The molecular weight excluding hydrogens is 1210 g/mol. The highest BCUT2D eigenvalue weighted by atomic mass is 32.2. The molecule has 0 radical (unpaired) electrons. The second kappa shape index (κ2) is 32.7. The average Bonchev–Trinajstić information content (AvgIpc) is 0.776. The van der Waals surface area contributed by atoms with Crippen molar-refractivity contribution in [1.82, 2.24) is 36.3 Å². The van der Waals surface area contributed by atoms with Crippen LogP contribution in [0.15, 0.2) is 195 Å². The maximum Gasteiger partial charge on any atom is 0.410 e. The van der Waals surface area contributed by atoms with E-state index in [1.807, 2.05) is 116 Å². The van der Waals surface area contributed by atoms with E-state index >= 15 is 0 Å². The van der Waals surface area contributed by atoms with Crippen LogP contribution in [0, 0.1) is 5.41 Å². The van der Waals surface area contributed by atoms with Gasteiger partial charge < -0.3 is 44.6 Å². The van der Waals surface area contributed by atoms with Crippen molar-refractivity contribution in [2.24, 2.45) is 5.84 Å². The first kappa shape index (κ1) is 69.4. The molecule has 0 aliphatic carbocycles. The van der Waals surface area contributed by atoms with Crippen LogP contribution in [0.25, 0.3) is 28.9 Å². The number of fused-ring (bicyclic) bond motifs is 2. The highest BCUT2D eigenvalue weighted by Crippen LogP contribution is 2.41. The Morgan fingerprint density at radius 3 is 1.62 bits per heavy atom. The lowest BCUT2D eigenvalue weighted by Gasteiger charge is -2.38. The Hall–Kier alpha value is -10.5. The number of nitrogens with one attached hydrogen (secondary N) is 2. The minimum Gasteiger partial charge on any atom is -0.497 e. The predicted molar refractivity (Wildman–Crippen MR) is 363 cm³/mol. The van der Waals surface area contributed by atoms with Gasteiger partial charge in [-0.1, -0.05) is 115 Å². The van der Waals surface area contributed by atoms with Crippen LogP contribution < -0.4 is 50.7 Å². The van der Waals surface area contributed by atoms with Gasteiger partial charge in [0.25, 0.3) is 0 Å². The molecule has 2 aliphatic heterocycles. The molecule has 21 nitrogen and oxygen atoms in total. The van der Waals surface area contributed by atoms with Crippen molar-refractivity contribution >= 4 is 39.1 Å². The Labute approximate surface area is 548 Å². The number of amides is 1. The number of aromatic nitrogens is 4. The second-order valence-corrected chi connectivity index (χ2v) is 24.4. The van der Waals surface area contributed by atoms with Gasteiger partial charge in [0.2, 0.25) is 15.0 Å². The van der Waals surface area contributed by atoms with Crippen LogP contribution in [0.1, 0.15) is 82.2 Å². The molecule has 2 aliphatic rings. The van der Waals surface area contributed by atoms with E-state index in [1.165, 1.54) is 35.5 Å². The third kappa shape index (κ3) is 18.4. The Kier molecular flexibility index (Phi) is 24.1. The van der Waals surface area contributed by atoms with E-state index in [9.17, 15) is 18.0 Å². The van der Waals surface area contributed by atoms with Crippen molar-refractivity contribution in [3.8, 4) is 57.3 Å². The van der Waals surface area contributed by atoms with Gasteiger partial charge in [-0.05, 0) is 128 Å². The summed E-state index contributed by atoms with van der Waals surface area (Å²) in [7, 11) is 2.16. The predicted octanol–water partition coefficient (Wildman–Crippen LogP) is 12.6. The highest BCUT2D eigenvalue weighted by Gasteiger charge is 2.39. The van der Waals surface area contributed by atoms with E-state index in [-0.39, 0.29) is 18.7 Å². The van der Waals surface area contributed by atoms with Gasteiger partial charge >= 0.3 is 6.09 Å². The molecule has 2 atom stereocenters. The van der Waals surface area contributed by atoms with Crippen molar-refractivity contribution in [1.29, 1.82) is 5.41 Å². The zero-order valence-corrected chi connectivity index (χ0v) is 54.4. The number of benzene rings is 7. The van der Waals surface area contributed by atoms with Gasteiger partial charge in [-0.2, -0.15) is 0 Å². The van der Waals surface area contributed by atoms with Crippen molar-refractivity contribution in [3.63, 3.8) is 0 Å². The highest BCUT2D eigenvalue weighted by molar-refractivity contribution is 8.06. The van der Waals surface area contributed by atoms with Crippen molar-refractivity contribution < 1.29 is 51.2 Å². The van der Waals surface area contributed by atoms with Gasteiger partial charge in [-0.15, -0.1) is 0 Å². The van der Waals surface area contributed by atoms with Gasteiger partial charge in [-0.25, -0.2) is 39.0 Å². The van der Waals surface area contributed by atoms with Crippen molar-refractivity contribution in [2.75, 3.05) is 52.3 Å². The smallest absolute Gasteiger partial charge is 0.410 e. The van der Waals surface area contributed by atoms with E-state index in [0.29, 0.717) is 59.6 Å². The third-order valence-electron chi connectivity index (χ3n) is 14.9. The first-order valence-corrected chi connectivity index (χ1v) is 31.6. The fraction of sp³-hybridized carbons (Fsp3) is 0.236. The summed E-state index contributed by atoms with van der Waals surface area (Å²) in [6.07, 6.45) is 12.3. The van der Waals surface area contributed by atoms with Crippen LogP contribution in [0.2, 0.25) is 0 Å². The maximum atomic E-state index is 13.6. The first-order valence-electron chi connectivity index (χ1n) is 29.9. The van der Waals surface area contributed by atoms with Gasteiger partial charge in [0, 0.05) is 54.6 Å². The summed E-state index contributed by atoms with van der Waals surface area (Å²) in [5.74, 6) is 10.6. The summed E-state index contributed by atoms with van der Waals surface area (Å²) in [5, 5.41) is 12.1. The second-order valence-electron chi connectivity index (χ2n) is 22.5. The number of sulfone groups is 1. The summed E-state index contributed by atoms with van der Waals surface area (Å²) in [5.41, 5.74) is 8.68. The molecule has 1 amide bonds. The number of hydrazine groups is 1. The lowest BCUT2D eigenvalue weighted by atomic mass is 9.93. The molecule has 0 fully saturated rings. The average molecular weight is 1290 g/mol. The fourth-order valence-corrected chi connectivity index (χ4v) is 11.5. The molecule has 7 N–H and O–H groups in total. The van der Waals surface area contributed by atoms with E-state index in [2.05, 4.69) is 61.7 Å². The number of nitrogens with zero attached hydrogens (tertiary/aromatic N) is 6. The molecule has 94 heavy (non-hydrogen) atoms. The van der Waals surface area contributed by atoms with Gasteiger partial charge in [0.15, 0.2) is 40.9 Å². The molecule has 488 valence electrons. The van der Waals surface area contributed by atoms with E-state index in [1.54, 1.807) is 78.5 Å². The maximum absolute atomic E-state index is 13.6. The van der Waals surface area contributed by atoms with Crippen LogP contribution in [-0.2, 0) is 40.6 Å². The van der Waals surface area contributed by atoms with Crippen LogP contribution >= 0.6 is 0 Å². The van der Waals surface area contributed by atoms with E-state index in [4.69, 9.17) is 44.4 Å². The number of methoxy groups -OCH3 is 4. The Morgan fingerprint density at radius 1 is 0.638 bits per heavy atom. The lowest BCUT2D eigenvalue weighted by molar-refractivity contribution is 0.0162. The molecule has 9 aromatic rings. The van der Waals surface area contributed by atoms with Crippen molar-refractivity contribution in [2.45, 2.75) is 64.5 Å². The molecule has 0 saturated carbocycles. The number of anilines is 1. The molecule has 2 unspecified atom stereocenters. The number of amidine groups is 1. The third-order valence-corrected chi connectivity index (χ3v) is 16.5. The SMILES string of the molecule is COc1cc2c(cc1OCc1ccccc1)CCN(C(=O)OC(C)(C)C)C2CS(=O)(=O)C(=N)N(N)c1ccccc1.COc1cccc(-c2ncc(/C=C/C3NCCc4cc(OCc5ccccc5)c(OC)cc43)cn2)c1.COc1cccc(-c2ncc(C=O)cn2)c1.N. The molecule has 0 bridgehead atoms. The molecular formula is C72H78N10O11S. The van der Waals surface area contributed by atoms with Crippen LogP contribution in [0.3, 0.4) is 0 Å². The van der Waals surface area contributed by atoms with Gasteiger partial charge in [-0.3, -0.25) is 20.1 Å². The topological polar surface area (TPSA) is 288 Å². The number of carbonyl (C=O) groups is 2. The van der Waals surface area contributed by atoms with Crippen molar-refractivity contribution in [3.05, 3.63) is 239 Å². The fourth-order valence-electron chi connectivity index (χ4n) is 10.2. The normalized spacial score (nSPS) is 13.9. The number of rotatable bonds is 18. The summed E-state index contributed by atoms with van der Waals surface area (Å²) in [4.78, 5) is 42.4. The summed E-state index contributed by atoms with van der Waals surface area (Å²) in [6, 6.07) is 50.2. The van der Waals surface area contributed by atoms with Crippen LogP contribution in [0.5, 0.6) is 34.5 Å². The molecule has 0 saturated heterocycles. The number of aldehydes is 1. The standard InChI is InChI=1S/C30H36N4O6S.C30H29N3O3.C12H10N2O2.H3N/c1-30(2,3)40-29(35)33-16-15-22-17-27(39-19-21-11-7-5-8-12-21)26(38-4)18-24(22)25(33)20-41(36,37)28(31)34(32)23-13-9-6-10-14-23;1-34-25-10-6-9-24(15-25)30-32-18-22(19-33-30)11-12-27-26-17-28(35-2)29(16-23(26)13-14-31-27)36-20-21-7-4-3-5-8-21;1-16-11-4-2-3-10(5-11)12-13-6-9(8-15)7-14-12;/h5-14,17-18,25,31H,15-16,19-20,32H2,1-4H3;3-12,15-19,27,31H,13-14,20H2,1-2H3;2-8H,1H3;1H3/b;12-11+;;. The minimum atomic E-state index is -4.27. The Balaban J connectivity index is 0.000000195. The Morgan fingerprint density at radius 2 is 1.13 bits per heavy atom. The number of hydrogen-bond acceptors (Lipinski definition) is 19. The summed E-state index contributed by atoms with van der Waals surface area (Å²) >= 11 is 0. The van der Waals surface area contributed by atoms with Gasteiger partial charge in [0.05, 0.1) is 57.5 Å².